The number of hydrogen-bond acceptors (Lipinski definition) is 5. The number of cyclic esters (lactones) is 1. The zero-order valence-electron chi connectivity index (χ0n) is 13.9. The molecule has 1 aliphatic heterocycles. The van der Waals surface area contributed by atoms with Crippen LogP contribution in [0.1, 0.15) is 23.0 Å². The van der Waals surface area contributed by atoms with Gasteiger partial charge in [-0.2, -0.15) is 0 Å². The van der Waals surface area contributed by atoms with Crippen molar-refractivity contribution in [3.63, 3.8) is 0 Å². The van der Waals surface area contributed by atoms with E-state index in [4.69, 9.17) is 25.7 Å². The number of aromatic nitrogens is 1. The van der Waals surface area contributed by atoms with E-state index in [1.54, 1.807) is 31.2 Å². The van der Waals surface area contributed by atoms with Crippen molar-refractivity contribution in [1.82, 2.24) is 4.98 Å². The van der Waals surface area contributed by atoms with Gasteiger partial charge in [0.05, 0.1) is 6.54 Å². The van der Waals surface area contributed by atoms with E-state index in [9.17, 15) is 9.59 Å². The summed E-state index contributed by atoms with van der Waals surface area (Å²) in [7, 11) is 0. The summed E-state index contributed by atoms with van der Waals surface area (Å²) in [6.07, 6.45) is -0.0491. The highest BCUT2D eigenvalue weighted by Crippen LogP contribution is 2.25. The number of carboxylic acid groups (broad SMARTS) is 1. The van der Waals surface area contributed by atoms with Gasteiger partial charge in [-0.1, -0.05) is 0 Å². The number of nitrogen functional groups attached to an aromatic ring is 1. The maximum atomic E-state index is 12.2. The molecular weight excluding hydrogens is 340 g/mol. The number of rotatable bonds is 6. The number of carbonyl (C=O) groups excluding carboxylic acids is 1. The summed E-state index contributed by atoms with van der Waals surface area (Å²) < 4.78 is 11.0. The maximum Gasteiger partial charge on any atom is 0.414 e. The van der Waals surface area contributed by atoms with Crippen LogP contribution in [0.3, 0.4) is 0 Å². The Morgan fingerprint density at radius 3 is 2.73 bits per heavy atom. The number of ether oxygens (including phenoxy) is 2. The van der Waals surface area contributed by atoms with Crippen LogP contribution < -0.4 is 15.4 Å². The molecule has 2 aromatic rings. The molecule has 2 heterocycles. The minimum absolute atomic E-state index is 0.0165. The third kappa shape index (κ3) is 3.46. The van der Waals surface area contributed by atoms with Crippen molar-refractivity contribution < 1.29 is 24.2 Å². The second kappa shape index (κ2) is 6.79. The summed E-state index contributed by atoms with van der Waals surface area (Å²) in [5.74, 6) is -0.775. The molecule has 1 saturated heterocycles. The molecule has 3 rings (SSSR count). The summed E-state index contributed by atoms with van der Waals surface area (Å²) in [5.41, 5.74) is 6.63. The minimum Gasteiger partial charge on any atom is -0.485 e. The number of nitrogens with two attached hydrogens (primary N) is 1. The van der Waals surface area contributed by atoms with Crippen molar-refractivity contribution in [2.24, 2.45) is 5.73 Å². The molecule has 5 N–H and O–H groups in total. The van der Waals surface area contributed by atoms with Gasteiger partial charge in [-0.05, 0) is 31.2 Å². The monoisotopic (exact) mass is 358 g/mol. The van der Waals surface area contributed by atoms with Gasteiger partial charge in [-0.3, -0.25) is 10.3 Å². The lowest BCUT2D eigenvalue weighted by atomic mass is 10.1. The van der Waals surface area contributed by atoms with Gasteiger partial charge in [0.25, 0.3) is 0 Å². The highest BCUT2D eigenvalue weighted by molar-refractivity contribution is 5.96. The molecule has 2 atom stereocenters. The Labute approximate surface area is 148 Å². The van der Waals surface area contributed by atoms with Gasteiger partial charge in [0, 0.05) is 23.5 Å². The average molecular weight is 358 g/mol. The SMILES string of the molecule is CC(Oc1c[nH]c(C(=O)O)c1)C1CN(c2ccc(C(=N)N)cc2)C(=O)O1. The smallest absolute Gasteiger partial charge is 0.414 e. The first kappa shape index (κ1) is 17.3. The fourth-order valence-electron chi connectivity index (χ4n) is 2.62. The quantitative estimate of drug-likeness (QED) is 0.458. The number of aromatic amines is 1. The van der Waals surface area contributed by atoms with E-state index in [1.165, 1.54) is 17.2 Å². The van der Waals surface area contributed by atoms with E-state index >= 15 is 0 Å². The number of amidine groups is 1. The number of hydrogen-bond donors (Lipinski definition) is 4. The molecule has 0 spiro atoms. The van der Waals surface area contributed by atoms with Gasteiger partial charge < -0.3 is 25.3 Å². The Kier molecular flexibility index (Phi) is 4.53. The standard InChI is InChI=1S/C17H18N4O5/c1-9(25-12-6-13(16(22)23)20-7-12)14-8-21(17(24)26-14)11-4-2-10(3-5-11)15(18)19/h2-7,9,14,20H,8H2,1H3,(H3,18,19)(H,22,23). The van der Waals surface area contributed by atoms with Gasteiger partial charge in [0.15, 0.2) is 6.10 Å². The van der Waals surface area contributed by atoms with E-state index in [1.807, 2.05) is 0 Å². The minimum atomic E-state index is -1.08. The van der Waals surface area contributed by atoms with Crippen LogP contribution >= 0.6 is 0 Å². The lowest BCUT2D eigenvalue weighted by molar-refractivity contribution is 0.0580. The molecule has 1 amide bonds. The van der Waals surface area contributed by atoms with Crippen LogP contribution in [0.2, 0.25) is 0 Å². The first-order valence-electron chi connectivity index (χ1n) is 7.86. The van der Waals surface area contributed by atoms with Gasteiger partial charge in [0.1, 0.15) is 23.4 Å². The van der Waals surface area contributed by atoms with E-state index in [2.05, 4.69) is 4.98 Å². The molecule has 2 unspecified atom stereocenters. The second-order valence-electron chi connectivity index (χ2n) is 5.87. The van der Waals surface area contributed by atoms with Crippen LogP contribution in [0.15, 0.2) is 36.5 Å². The molecular formula is C17H18N4O5. The molecule has 1 aromatic heterocycles. The largest absolute Gasteiger partial charge is 0.485 e. The van der Waals surface area contributed by atoms with E-state index < -0.39 is 24.3 Å². The number of benzene rings is 1. The van der Waals surface area contributed by atoms with Crippen LogP contribution in [0, 0.1) is 5.41 Å². The fourth-order valence-corrected chi connectivity index (χ4v) is 2.62. The third-order valence-corrected chi connectivity index (χ3v) is 4.06. The van der Waals surface area contributed by atoms with E-state index in [-0.39, 0.29) is 18.1 Å². The van der Waals surface area contributed by atoms with Crippen molar-refractivity contribution in [2.45, 2.75) is 19.1 Å². The molecule has 1 fully saturated rings. The molecule has 26 heavy (non-hydrogen) atoms. The molecule has 9 heteroatoms. The van der Waals surface area contributed by atoms with Gasteiger partial charge in [-0.25, -0.2) is 9.59 Å². The Balaban J connectivity index is 1.66. The second-order valence-corrected chi connectivity index (χ2v) is 5.87. The lowest BCUT2D eigenvalue weighted by Gasteiger charge is -2.18. The number of anilines is 1. The molecule has 0 bridgehead atoms. The summed E-state index contributed by atoms with van der Waals surface area (Å²) >= 11 is 0. The van der Waals surface area contributed by atoms with Crippen molar-refractivity contribution in [3.05, 3.63) is 47.8 Å². The van der Waals surface area contributed by atoms with Crippen molar-refractivity contribution >= 4 is 23.6 Å². The lowest BCUT2D eigenvalue weighted by Crippen LogP contribution is -2.33. The first-order valence-corrected chi connectivity index (χ1v) is 7.86. The molecule has 0 radical (unpaired) electrons. The number of carboxylic acids is 1. The number of carbonyl (C=O) groups is 2. The Hall–Kier alpha value is -3.49. The van der Waals surface area contributed by atoms with Crippen LogP contribution in [-0.4, -0.2) is 46.7 Å². The van der Waals surface area contributed by atoms with E-state index in [0.29, 0.717) is 17.0 Å². The molecule has 1 aliphatic rings. The summed E-state index contributed by atoms with van der Waals surface area (Å²) in [6, 6.07) is 8.07. The highest BCUT2D eigenvalue weighted by atomic mass is 16.6. The molecule has 9 nitrogen and oxygen atoms in total. The van der Waals surface area contributed by atoms with Crippen molar-refractivity contribution in [1.29, 1.82) is 5.41 Å². The molecule has 1 aromatic carbocycles. The molecule has 0 aliphatic carbocycles. The Morgan fingerprint density at radius 1 is 1.46 bits per heavy atom. The number of H-pyrrole nitrogens is 1. The van der Waals surface area contributed by atoms with Gasteiger partial charge >= 0.3 is 12.1 Å². The van der Waals surface area contributed by atoms with Crippen molar-refractivity contribution in [2.75, 3.05) is 11.4 Å². The predicted molar refractivity (Wildman–Crippen MR) is 92.9 cm³/mol. The first-order chi connectivity index (χ1) is 12.3. The predicted octanol–water partition coefficient (Wildman–Crippen LogP) is 1.79. The highest BCUT2D eigenvalue weighted by Gasteiger charge is 2.36. The molecule has 0 saturated carbocycles. The maximum absolute atomic E-state index is 12.2. The van der Waals surface area contributed by atoms with E-state index in [0.717, 1.165) is 0 Å². The fraction of sp³-hybridized carbons (Fsp3) is 0.235. The average Bonchev–Trinajstić information content (AvgIpc) is 3.22. The number of nitrogens with zero attached hydrogens (tertiary/aromatic N) is 1. The third-order valence-electron chi connectivity index (χ3n) is 4.06. The van der Waals surface area contributed by atoms with Crippen molar-refractivity contribution in [3.8, 4) is 5.75 Å². The summed E-state index contributed by atoms with van der Waals surface area (Å²) in [4.78, 5) is 27.1. The Morgan fingerprint density at radius 2 is 2.15 bits per heavy atom. The topological polar surface area (TPSA) is 142 Å². The Bertz CT molecular complexity index is 845. The summed E-state index contributed by atoms with van der Waals surface area (Å²) in [5, 5.41) is 16.3. The van der Waals surface area contributed by atoms with Crippen LogP contribution in [0.25, 0.3) is 0 Å². The normalized spacial score (nSPS) is 17.7. The molecule has 136 valence electrons. The van der Waals surface area contributed by atoms with Crippen LogP contribution in [-0.2, 0) is 4.74 Å². The van der Waals surface area contributed by atoms with Crippen LogP contribution in [0.5, 0.6) is 5.75 Å². The number of amides is 1. The zero-order valence-corrected chi connectivity index (χ0v) is 13.9. The zero-order chi connectivity index (χ0) is 18.8. The van der Waals surface area contributed by atoms with Gasteiger partial charge in [0.2, 0.25) is 0 Å². The van der Waals surface area contributed by atoms with Gasteiger partial charge in [-0.15, -0.1) is 0 Å². The summed E-state index contributed by atoms with van der Waals surface area (Å²) in [6.45, 7) is 2.03. The van der Waals surface area contributed by atoms with Crippen LogP contribution in [0.4, 0.5) is 10.5 Å². The number of aromatic carboxylic acids is 1. The number of nitrogens with one attached hydrogen (secondary N) is 2.